The first-order valence-corrected chi connectivity index (χ1v) is 9.87. The molecule has 4 rings (SSSR count). The minimum atomic E-state index is -3.99. The predicted molar refractivity (Wildman–Crippen MR) is 105 cm³/mol. The molecule has 0 saturated carbocycles. The number of fused-ring (bicyclic) bond motifs is 1. The Labute approximate surface area is 165 Å². The molecular formula is C18H14N6O4S. The number of aromatic nitrogens is 4. The van der Waals surface area contributed by atoms with Gasteiger partial charge in [0.05, 0.1) is 15.5 Å². The van der Waals surface area contributed by atoms with E-state index in [1.54, 1.807) is 43.3 Å². The Morgan fingerprint density at radius 3 is 2.55 bits per heavy atom. The molecule has 0 radical (unpaired) electrons. The van der Waals surface area contributed by atoms with E-state index in [0.29, 0.717) is 22.6 Å². The predicted octanol–water partition coefficient (Wildman–Crippen LogP) is 2.81. The number of hydrogen-bond donors (Lipinski definition) is 1. The number of sulfonamides is 1. The van der Waals surface area contributed by atoms with Gasteiger partial charge in [-0.05, 0) is 36.8 Å². The van der Waals surface area contributed by atoms with E-state index in [1.807, 2.05) is 0 Å². The largest absolute Gasteiger partial charge is 0.280 e. The Bertz CT molecular complexity index is 1330. The maximum Gasteiger partial charge on any atom is 0.270 e. The Morgan fingerprint density at radius 2 is 1.83 bits per heavy atom. The second kappa shape index (κ2) is 6.95. The van der Waals surface area contributed by atoms with Gasteiger partial charge >= 0.3 is 0 Å². The number of rotatable bonds is 5. The summed E-state index contributed by atoms with van der Waals surface area (Å²) >= 11 is 0. The zero-order valence-electron chi connectivity index (χ0n) is 15.1. The second-order valence-electron chi connectivity index (χ2n) is 6.24. The zero-order chi connectivity index (χ0) is 20.6. The highest BCUT2D eigenvalue weighted by molar-refractivity contribution is 7.92. The SMILES string of the molecule is Cc1ccc([N+](=O)[O-])cc1S(=O)(=O)Nc1ccc(-c2ccc3nncn3n2)cc1. The van der Waals surface area contributed by atoms with Crippen LogP contribution in [0.3, 0.4) is 0 Å². The first kappa shape index (κ1) is 18.5. The highest BCUT2D eigenvalue weighted by atomic mass is 32.2. The Morgan fingerprint density at radius 1 is 1.07 bits per heavy atom. The van der Waals surface area contributed by atoms with Crippen LogP contribution in [0.25, 0.3) is 16.9 Å². The maximum atomic E-state index is 12.7. The number of aryl methyl sites for hydroxylation is 1. The second-order valence-corrected chi connectivity index (χ2v) is 7.89. The Hall–Kier alpha value is -3.86. The van der Waals surface area contributed by atoms with Gasteiger partial charge in [0.2, 0.25) is 0 Å². The Balaban J connectivity index is 1.61. The van der Waals surface area contributed by atoms with Crippen molar-refractivity contribution in [2.45, 2.75) is 11.8 Å². The first-order chi connectivity index (χ1) is 13.8. The molecular weight excluding hydrogens is 396 g/mol. The van der Waals surface area contributed by atoms with Crippen LogP contribution in [0, 0.1) is 17.0 Å². The summed E-state index contributed by atoms with van der Waals surface area (Å²) in [4.78, 5) is 10.2. The topological polar surface area (TPSA) is 132 Å². The summed E-state index contributed by atoms with van der Waals surface area (Å²) in [5.74, 6) is 0. The maximum absolute atomic E-state index is 12.7. The van der Waals surface area contributed by atoms with Crippen molar-refractivity contribution < 1.29 is 13.3 Å². The van der Waals surface area contributed by atoms with Gasteiger partial charge in [0.25, 0.3) is 15.7 Å². The van der Waals surface area contributed by atoms with E-state index in [0.717, 1.165) is 11.6 Å². The number of anilines is 1. The fourth-order valence-electron chi connectivity index (χ4n) is 2.79. The molecule has 2 heterocycles. The van der Waals surface area contributed by atoms with Crippen molar-refractivity contribution in [1.82, 2.24) is 19.8 Å². The van der Waals surface area contributed by atoms with Crippen LogP contribution in [-0.2, 0) is 10.0 Å². The van der Waals surface area contributed by atoms with E-state index >= 15 is 0 Å². The van der Waals surface area contributed by atoms with E-state index in [9.17, 15) is 18.5 Å². The monoisotopic (exact) mass is 410 g/mol. The van der Waals surface area contributed by atoms with Gasteiger partial charge in [-0.25, -0.2) is 8.42 Å². The summed E-state index contributed by atoms with van der Waals surface area (Å²) in [5, 5.41) is 23.0. The fourth-order valence-corrected chi connectivity index (χ4v) is 4.12. The average molecular weight is 410 g/mol. The summed E-state index contributed by atoms with van der Waals surface area (Å²) < 4.78 is 29.4. The van der Waals surface area contributed by atoms with Crippen molar-refractivity contribution in [2.24, 2.45) is 0 Å². The number of nitrogens with zero attached hydrogens (tertiary/aromatic N) is 5. The van der Waals surface area contributed by atoms with Crippen LogP contribution in [-0.4, -0.2) is 33.2 Å². The molecule has 11 heteroatoms. The molecule has 0 spiro atoms. The molecule has 0 amide bonds. The van der Waals surface area contributed by atoms with Crippen molar-refractivity contribution in [3.05, 3.63) is 76.6 Å². The van der Waals surface area contributed by atoms with Crippen LogP contribution in [0.1, 0.15) is 5.56 Å². The minimum Gasteiger partial charge on any atom is -0.280 e. The quantitative estimate of drug-likeness (QED) is 0.395. The van der Waals surface area contributed by atoms with Crippen molar-refractivity contribution in [2.75, 3.05) is 4.72 Å². The minimum absolute atomic E-state index is 0.143. The van der Waals surface area contributed by atoms with Crippen LogP contribution in [0.4, 0.5) is 11.4 Å². The molecule has 0 aliphatic carbocycles. The molecule has 4 aromatic rings. The third-order valence-corrected chi connectivity index (χ3v) is 5.79. The van der Waals surface area contributed by atoms with Crippen LogP contribution in [0.5, 0.6) is 0 Å². The van der Waals surface area contributed by atoms with Gasteiger partial charge in [0.15, 0.2) is 5.65 Å². The summed E-state index contributed by atoms with van der Waals surface area (Å²) in [6, 6.07) is 13.9. The third-order valence-electron chi connectivity index (χ3n) is 4.27. The number of nitro benzene ring substituents is 1. The molecule has 0 aliphatic heterocycles. The highest BCUT2D eigenvalue weighted by Gasteiger charge is 2.20. The normalized spacial score (nSPS) is 11.5. The lowest BCUT2D eigenvalue weighted by molar-refractivity contribution is -0.385. The molecule has 0 unspecified atom stereocenters. The lowest BCUT2D eigenvalue weighted by Crippen LogP contribution is -2.14. The Kier molecular flexibility index (Phi) is 4.43. The van der Waals surface area contributed by atoms with Crippen molar-refractivity contribution >= 4 is 27.0 Å². The molecule has 0 fully saturated rings. The van der Waals surface area contributed by atoms with Gasteiger partial charge in [0.1, 0.15) is 6.33 Å². The number of nitro groups is 1. The summed E-state index contributed by atoms with van der Waals surface area (Å²) in [5.41, 5.74) is 2.50. The molecule has 0 atom stereocenters. The number of benzene rings is 2. The van der Waals surface area contributed by atoms with E-state index in [4.69, 9.17) is 0 Å². The summed E-state index contributed by atoms with van der Waals surface area (Å²) in [6.45, 7) is 1.58. The van der Waals surface area contributed by atoms with E-state index in [2.05, 4.69) is 20.0 Å². The van der Waals surface area contributed by atoms with Gasteiger partial charge in [-0.1, -0.05) is 18.2 Å². The van der Waals surface area contributed by atoms with Crippen molar-refractivity contribution in [3.8, 4) is 11.3 Å². The van der Waals surface area contributed by atoms with E-state index < -0.39 is 14.9 Å². The highest BCUT2D eigenvalue weighted by Crippen LogP contribution is 2.25. The zero-order valence-corrected chi connectivity index (χ0v) is 15.9. The molecule has 10 nitrogen and oxygen atoms in total. The first-order valence-electron chi connectivity index (χ1n) is 8.39. The smallest absolute Gasteiger partial charge is 0.270 e. The van der Waals surface area contributed by atoms with Crippen LogP contribution in [0.2, 0.25) is 0 Å². The summed E-state index contributed by atoms with van der Waals surface area (Å²) in [6.07, 6.45) is 1.49. The van der Waals surface area contributed by atoms with Crippen LogP contribution in [0.15, 0.2) is 65.8 Å². The lowest BCUT2D eigenvalue weighted by atomic mass is 10.1. The third kappa shape index (κ3) is 3.62. The van der Waals surface area contributed by atoms with Crippen LogP contribution >= 0.6 is 0 Å². The van der Waals surface area contributed by atoms with Gasteiger partial charge < -0.3 is 0 Å². The van der Waals surface area contributed by atoms with Gasteiger partial charge in [-0.15, -0.1) is 10.2 Å². The summed E-state index contributed by atoms with van der Waals surface area (Å²) in [7, 11) is -3.99. The standard InChI is InChI=1S/C18H14N6O4S/c1-12-2-7-15(24(25)26)10-17(12)29(27,28)22-14-5-3-13(4-6-14)16-8-9-18-20-19-11-23(18)21-16/h2-11,22H,1H3. The molecule has 2 aromatic heterocycles. The van der Waals surface area contributed by atoms with Crippen molar-refractivity contribution in [3.63, 3.8) is 0 Å². The molecule has 0 saturated heterocycles. The number of nitrogens with one attached hydrogen (secondary N) is 1. The molecule has 0 bridgehead atoms. The van der Waals surface area contributed by atoms with Crippen LogP contribution < -0.4 is 4.72 Å². The van der Waals surface area contributed by atoms with E-state index in [1.165, 1.54) is 23.0 Å². The molecule has 1 N–H and O–H groups in total. The number of hydrogen-bond acceptors (Lipinski definition) is 7. The molecule has 0 aliphatic rings. The van der Waals surface area contributed by atoms with Crippen molar-refractivity contribution in [1.29, 1.82) is 0 Å². The van der Waals surface area contributed by atoms with E-state index in [-0.39, 0.29) is 10.6 Å². The average Bonchev–Trinajstić information content (AvgIpc) is 3.16. The van der Waals surface area contributed by atoms with Gasteiger partial charge in [0, 0.05) is 23.4 Å². The van der Waals surface area contributed by atoms with Gasteiger partial charge in [-0.3, -0.25) is 14.8 Å². The number of non-ortho nitro benzene ring substituents is 1. The molecule has 29 heavy (non-hydrogen) atoms. The fraction of sp³-hybridized carbons (Fsp3) is 0.0556. The lowest BCUT2D eigenvalue weighted by Gasteiger charge is -2.11. The molecule has 2 aromatic carbocycles. The van der Waals surface area contributed by atoms with Gasteiger partial charge in [-0.2, -0.15) is 9.61 Å². The molecule has 146 valence electrons.